The molecule has 0 heterocycles. The molecule has 5 nitrogen and oxygen atoms in total. The topological polar surface area (TPSA) is 65.5 Å². The standard InChI is InChI=1S/C17H24Cl2N4O/c1-20-17(21-10-12-7-8-13(18)9-15(12)19)22-11-16(24)23-14-5-3-2-4-6-14/h7-9,14H,2-6,10-11H2,1H3,(H,23,24)(H2,20,21,22). The fourth-order valence-corrected chi connectivity index (χ4v) is 3.23. The lowest BCUT2D eigenvalue weighted by atomic mass is 9.95. The summed E-state index contributed by atoms with van der Waals surface area (Å²) in [6, 6.07) is 5.67. The van der Waals surface area contributed by atoms with Crippen LogP contribution < -0.4 is 16.0 Å². The second kappa shape index (κ2) is 9.74. The minimum Gasteiger partial charge on any atom is -0.352 e. The van der Waals surface area contributed by atoms with Gasteiger partial charge in [0.1, 0.15) is 0 Å². The summed E-state index contributed by atoms with van der Waals surface area (Å²) in [5.74, 6) is 0.550. The highest BCUT2D eigenvalue weighted by atomic mass is 35.5. The highest BCUT2D eigenvalue weighted by molar-refractivity contribution is 6.35. The Morgan fingerprint density at radius 1 is 1.21 bits per heavy atom. The van der Waals surface area contributed by atoms with Crippen LogP contribution in [0.3, 0.4) is 0 Å². The van der Waals surface area contributed by atoms with Crippen LogP contribution >= 0.6 is 23.2 Å². The van der Waals surface area contributed by atoms with Gasteiger partial charge < -0.3 is 16.0 Å². The molecule has 1 fully saturated rings. The number of amides is 1. The molecule has 1 aliphatic rings. The van der Waals surface area contributed by atoms with E-state index in [0.717, 1.165) is 18.4 Å². The van der Waals surface area contributed by atoms with Gasteiger partial charge in [0, 0.05) is 29.7 Å². The summed E-state index contributed by atoms with van der Waals surface area (Å²) >= 11 is 12.0. The number of aliphatic imine (C=N–C) groups is 1. The lowest BCUT2D eigenvalue weighted by Gasteiger charge is -2.23. The Kier molecular flexibility index (Phi) is 7.66. The lowest BCUT2D eigenvalue weighted by Crippen LogP contribution is -2.45. The molecule has 132 valence electrons. The third-order valence-corrected chi connectivity index (χ3v) is 4.66. The second-order valence-corrected chi connectivity index (χ2v) is 6.76. The molecule has 0 aliphatic heterocycles. The van der Waals surface area contributed by atoms with Crippen LogP contribution in [-0.2, 0) is 11.3 Å². The van der Waals surface area contributed by atoms with Crippen LogP contribution in [0.4, 0.5) is 0 Å². The average Bonchev–Trinajstić information content (AvgIpc) is 2.57. The Balaban J connectivity index is 1.74. The van der Waals surface area contributed by atoms with Crippen molar-refractivity contribution >= 4 is 35.1 Å². The average molecular weight is 371 g/mol. The first-order chi connectivity index (χ1) is 11.6. The Morgan fingerprint density at radius 2 is 1.96 bits per heavy atom. The van der Waals surface area contributed by atoms with Crippen LogP contribution in [0.2, 0.25) is 10.0 Å². The molecular weight excluding hydrogens is 347 g/mol. The molecule has 0 unspecified atom stereocenters. The molecular formula is C17H24Cl2N4O. The van der Waals surface area contributed by atoms with Crippen LogP contribution in [0, 0.1) is 0 Å². The fourth-order valence-electron chi connectivity index (χ4n) is 2.75. The number of guanidine groups is 1. The third-order valence-electron chi connectivity index (χ3n) is 4.07. The number of nitrogens with zero attached hydrogens (tertiary/aromatic N) is 1. The van der Waals surface area contributed by atoms with Crippen molar-refractivity contribution in [3.8, 4) is 0 Å². The van der Waals surface area contributed by atoms with Crippen molar-refractivity contribution in [2.75, 3.05) is 13.6 Å². The summed E-state index contributed by atoms with van der Waals surface area (Å²) in [5, 5.41) is 10.4. The third kappa shape index (κ3) is 6.21. The Bertz CT molecular complexity index is 586. The number of carbonyl (C=O) groups excluding carboxylic acids is 1. The zero-order chi connectivity index (χ0) is 17.4. The number of hydrogen-bond acceptors (Lipinski definition) is 2. The van der Waals surface area contributed by atoms with Gasteiger partial charge in [0.25, 0.3) is 0 Å². The molecule has 7 heteroatoms. The minimum absolute atomic E-state index is 0.00521. The van der Waals surface area contributed by atoms with Gasteiger partial charge in [-0.15, -0.1) is 0 Å². The molecule has 1 saturated carbocycles. The van der Waals surface area contributed by atoms with E-state index in [4.69, 9.17) is 23.2 Å². The summed E-state index contributed by atoms with van der Waals surface area (Å²) in [4.78, 5) is 16.1. The van der Waals surface area contributed by atoms with E-state index in [1.807, 2.05) is 6.07 Å². The Labute approximate surface area is 153 Å². The number of rotatable bonds is 5. The van der Waals surface area contributed by atoms with Gasteiger partial charge in [-0.2, -0.15) is 0 Å². The molecule has 0 spiro atoms. The van der Waals surface area contributed by atoms with Gasteiger partial charge in [0.05, 0.1) is 6.54 Å². The van der Waals surface area contributed by atoms with Gasteiger partial charge in [-0.3, -0.25) is 9.79 Å². The van der Waals surface area contributed by atoms with Crippen molar-refractivity contribution in [1.82, 2.24) is 16.0 Å². The Hall–Kier alpha value is -1.46. The molecule has 0 aromatic heterocycles. The van der Waals surface area contributed by atoms with E-state index in [-0.39, 0.29) is 12.5 Å². The van der Waals surface area contributed by atoms with Gasteiger partial charge in [-0.1, -0.05) is 48.5 Å². The molecule has 24 heavy (non-hydrogen) atoms. The first-order valence-corrected chi connectivity index (χ1v) is 9.02. The monoisotopic (exact) mass is 370 g/mol. The van der Waals surface area contributed by atoms with Crippen molar-refractivity contribution in [2.24, 2.45) is 4.99 Å². The summed E-state index contributed by atoms with van der Waals surface area (Å²) < 4.78 is 0. The normalized spacial score (nSPS) is 15.9. The van der Waals surface area contributed by atoms with Gasteiger partial charge in [0.2, 0.25) is 5.91 Å². The number of hydrogen-bond donors (Lipinski definition) is 3. The number of halogens is 2. The molecule has 0 saturated heterocycles. The van der Waals surface area contributed by atoms with Crippen molar-refractivity contribution < 1.29 is 4.79 Å². The highest BCUT2D eigenvalue weighted by Gasteiger charge is 2.15. The van der Waals surface area contributed by atoms with E-state index in [0.29, 0.717) is 28.6 Å². The fraction of sp³-hybridized carbons (Fsp3) is 0.529. The summed E-state index contributed by atoms with van der Waals surface area (Å²) in [7, 11) is 1.66. The SMILES string of the molecule is CN=C(NCC(=O)NC1CCCCC1)NCc1ccc(Cl)cc1Cl. The number of nitrogens with one attached hydrogen (secondary N) is 3. The number of carbonyl (C=O) groups is 1. The largest absolute Gasteiger partial charge is 0.352 e. The van der Waals surface area contributed by atoms with Gasteiger partial charge >= 0.3 is 0 Å². The van der Waals surface area contributed by atoms with E-state index < -0.39 is 0 Å². The van der Waals surface area contributed by atoms with Crippen LogP contribution in [0.25, 0.3) is 0 Å². The predicted molar refractivity (Wildman–Crippen MR) is 99.7 cm³/mol. The first kappa shape index (κ1) is 18.9. The van der Waals surface area contributed by atoms with Crippen molar-refractivity contribution in [2.45, 2.75) is 44.7 Å². The molecule has 0 atom stereocenters. The van der Waals surface area contributed by atoms with Gasteiger partial charge in [0.15, 0.2) is 5.96 Å². The van der Waals surface area contributed by atoms with Crippen molar-refractivity contribution in [3.63, 3.8) is 0 Å². The molecule has 1 aliphatic carbocycles. The summed E-state index contributed by atoms with van der Waals surface area (Å²) in [5.41, 5.74) is 0.913. The maximum atomic E-state index is 12.0. The van der Waals surface area contributed by atoms with Gasteiger partial charge in [-0.25, -0.2) is 0 Å². The second-order valence-electron chi connectivity index (χ2n) is 5.92. The summed E-state index contributed by atoms with van der Waals surface area (Å²) in [6.45, 7) is 0.699. The predicted octanol–water partition coefficient (Wildman–Crippen LogP) is 3.11. The highest BCUT2D eigenvalue weighted by Crippen LogP contribution is 2.20. The van der Waals surface area contributed by atoms with E-state index >= 15 is 0 Å². The van der Waals surface area contributed by atoms with Crippen LogP contribution in [0.1, 0.15) is 37.7 Å². The molecule has 1 amide bonds. The van der Waals surface area contributed by atoms with E-state index in [1.165, 1.54) is 19.3 Å². The quantitative estimate of drug-likeness (QED) is 0.551. The van der Waals surface area contributed by atoms with Crippen LogP contribution in [-0.4, -0.2) is 31.5 Å². The van der Waals surface area contributed by atoms with Crippen LogP contribution in [0.5, 0.6) is 0 Å². The molecule has 0 radical (unpaired) electrons. The zero-order valence-electron chi connectivity index (χ0n) is 13.9. The Morgan fingerprint density at radius 3 is 2.62 bits per heavy atom. The maximum absolute atomic E-state index is 12.0. The smallest absolute Gasteiger partial charge is 0.239 e. The first-order valence-electron chi connectivity index (χ1n) is 8.26. The molecule has 1 aromatic carbocycles. The molecule has 3 N–H and O–H groups in total. The molecule has 2 rings (SSSR count). The maximum Gasteiger partial charge on any atom is 0.239 e. The molecule has 1 aromatic rings. The van der Waals surface area contributed by atoms with Gasteiger partial charge in [-0.05, 0) is 30.5 Å². The number of benzene rings is 1. The van der Waals surface area contributed by atoms with E-state index in [1.54, 1.807) is 19.2 Å². The lowest BCUT2D eigenvalue weighted by molar-refractivity contribution is -0.120. The summed E-state index contributed by atoms with van der Waals surface area (Å²) in [6.07, 6.45) is 5.82. The zero-order valence-corrected chi connectivity index (χ0v) is 15.4. The van der Waals surface area contributed by atoms with Crippen molar-refractivity contribution in [3.05, 3.63) is 33.8 Å². The van der Waals surface area contributed by atoms with E-state index in [9.17, 15) is 4.79 Å². The minimum atomic E-state index is -0.00521. The molecule has 0 bridgehead atoms. The van der Waals surface area contributed by atoms with E-state index in [2.05, 4.69) is 20.9 Å². The van der Waals surface area contributed by atoms with Crippen molar-refractivity contribution in [1.29, 1.82) is 0 Å². The van der Waals surface area contributed by atoms with Crippen LogP contribution in [0.15, 0.2) is 23.2 Å².